The van der Waals surface area contributed by atoms with Gasteiger partial charge in [-0.1, -0.05) is 53.6 Å². The topological polar surface area (TPSA) is 51.2 Å². The molecule has 3 aliphatic heterocycles. The number of aliphatic hydroxyl groups excluding tert-OH is 1. The first-order valence-corrected chi connectivity index (χ1v) is 15.4. The summed E-state index contributed by atoms with van der Waals surface area (Å²) in [5.41, 5.74) is 4.64. The average molecular weight is 598 g/mol. The molecule has 5 atom stereocenters. The summed E-state index contributed by atoms with van der Waals surface area (Å²) in [6, 6.07) is 19.7. The van der Waals surface area contributed by atoms with E-state index < -0.39 is 6.10 Å². The zero-order valence-electron chi connectivity index (χ0n) is 23.2. The summed E-state index contributed by atoms with van der Waals surface area (Å²) in [4.78, 5) is 2.40. The fourth-order valence-corrected chi connectivity index (χ4v) is 6.72. The molecule has 3 aliphatic rings. The van der Waals surface area contributed by atoms with Crippen LogP contribution in [-0.4, -0.2) is 53.4 Å². The Morgan fingerprint density at radius 2 is 1.83 bits per heavy atom. The van der Waals surface area contributed by atoms with E-state index in [1.807, 2.05) is 37.3 Å². The smallest absolute Gasteiger partial charge is 0.129 e. The Morgan fingerprint density at radius 1 is 1.02 bits per heavy atom. The molecule has 0 aromatic heterocycles. The van der Waals surface area contributed by atoms with Crippen LogP contribution < -0.4 is 4.74 Å². The Morgan fingerprint density at radius 3 is 2.56 bits per heavy atom. The van der Waals surface area contributed by atoms with Gasteiger partial charge >= 0.3 is 0 Å². The molecule has 0 amide bonds. The van der Waals surface area contributed by atoms with Crippen molar-refractivity contribution in [1.29, 1.82) is 0 Å². The number of likely N-dealkylation sites (tertiary alicyclic amines) is 1. The molecule has 41 heavy (non-hydrogen) atoms. The van der Waals surface area contributed by atoms with E-state index in [0.717, 1.165) is 53.9 Å². The van der Waals surface area contributed by atoms with Crippen LogP contribution in [0.5, 0.6) is 5.75 Å². The Kier molecular flexibility index (Phi) is 8.92. The molecule has 0 saturated carbocycles. The van der Waals surface area contributed by atoms with E-state index in [4.69, 9.17) is 25.8 Å². The summed E-state index contributed by atoms with van der Waals surface area (Å²) in [7, 11) is 0. The lowest BCUT2D eigenvalue weighted by atomic mass is 9.95. The van der Waals surface area contributed by atoms with Gasteiger partial charge < -0.3 is 19.3 Å². The minimum Gasteiger partial charge on any atom is -0.488 e. The summed E-state index contributed by atoms with van der Waals surface area (Å²) in [5, 5.41) is 10.9. The van der Waals surface area contributed by atoms with Crippen LogP contribution in [0.25, 0.3) is 0 Å². The van der Waals surface area contributed by atoms with Gasteiger partial charge in [0.05, 0.1) is 24.9 Å². The van der Waals surface area contributed by atoms with Crippen LogP contribution in [0.2, 0.25) is 5.02 Å². The number of aliphatic hydroxyl groups is 1. The van der Waals surface area contributed by atoms with E-state index in [-0.39, 0.29) is 29.6 Å². The first-order valence-electron chi connectivity index (χ1n) is 14.5. The molecule has 1 N–H and O–H groups in total. The van der Waals surface area contributed by atoms with Gasteiger partial charge in [0.15, 0.2) is 0 Å². The molecule has 0 bridgehead atoms. The second kappa shape index (κ2) is 12.6. The second-order valence-electron chi connectivity index (χ2n) is 11.6. The number of hydrogen-bond donors (Lipinski definition) is 2. The van der Waals surface area contributed by atoms with Crippen molar-refractivity contribution in [2.45, 2.75) is 74.9 Å². The predicted octanol–water partition coefficient (Wildman–Crippen LogP) is 6.83. The minimum atomic E-state index is -0.413. The van der Waals surface area contributed by atoms with Gasteiger partial charge in [-0.05, 0) is 67.1 Å². The van der Waals surface area contributed by atoms with E-state index in [0.29, 0.717) is 42.5 Å². The van der Waals surface area contributed by atoms with Crippen molar-refractivity contribution < 1.29 is 23.7 Å². The number of ether oxygens (including phenoxy) is 3. The highest BCUT2D eigenvalue weighted by Gasteiger charge is 2.37. The Labute approximate surface area is 252 Å². The van der Waals surface area contributed by atoms with Gasteiger partial charge in [-0.15, -0.1) is 12.6 Å². The highest BCUT2D eigenvalue weighted by molar-refractivity contribution is 7.80. The molecular formula is C33H37ClFNO4S. The maximum absolute atomic E-state index is 14.3. The number of benzene rings is 3. The fourth-order valence-electron chi connectivity index (χ4n) is 6.14. The van der Waals surface area contributed by atoms with Crippen LogP contribution in [0.3, 0.4) is 0 Å². The normalized spacial score (nSPS) is 27.4. The molecule has 0 aliphatic carbocycles. The molecular weight excluding hydrogens is 561 g/mol. The molecule has 3 aromatic rings. The number of aryl methyl sites for hydroxylation is 1. The number of nitrogens with zero attached hydrogens (tertiary/aromatic N) is 1. The number of halogens is 2. The van der Waals surface area contributed by atoms with Crippen molar-refractivity contribution >= 4 is 24.2 Å². The molecule has 3 saturated heterocycles. The van der Waals surface area contributed by atoms with Gasteiger partial charge in [-0.25, -0.2) is 4.39 Å². The number of rotatable bonds is 7. The van der Waals surface area contributed by atoms with Gasteiger partial charge in [-0.2, -0.15) is 0 Å². The fraction of sp³-hybridized carbons (Fsp3) is 0.455. The first-order chi connectivity index (χ1) is 19.8. The molecule has 0 spiro atoms. The molecule has 6 rings (SSSR count). The van der Waals surface area contributed by atoms with Crippen LogP contribution in [0, 0.1) is 12.7 Å². The van der Waals surface area contributed by atoms with E-state index in [1.165, 1.54) is 6.07 Å². The van der Waals surface area contributed by atoms with Crippen molar-refractivity contribution in [1.82, 2.24) is 4.90 Å². The maximum Gasteiger partial charge on any atom is 0.129 e. The van der Waals surface area contributed by atoms with Gasteiger partial charge in [0.25, 0.3) is 0 Å². The van der Waals surface area contributed by atoms with Gasteiger partial charge in [0, 0.05) is 42.6 Å². The predicted molar refractivity (Wildman–Crippen MR) is 161 cm³/mol. The van der Waals surface area contributed by atoms with Crippen molar-refractivity contribution in [3.05, 3.63) is 99.3 Å². The van der Waals surface area contributed by atoms with E-state index in [9.17, 15) is 9.50 Å². The molecule has 3 fully saturated rings. The minimum absolute atomic E-state index is 0.153. The number of hydrogen-bond acceptors (Lipinski definition) is 6. The number of thiol groups is 1. The average Bonchev–Trinajstić information content (AvgIpc) is 2.93. The van der Waals surface area contributed by atoms with Crippen LogP contribution in [0.1, 0.15) is 65.7 Å². The van der Waals surface area contributed by atoms with Gasteiger partial charge in [0.2, 0.25) is 0 Å². The zero-order valence-corrected chi connectivity index (χ0v) is 24.9. The largest absolute Gasteiger partial charge is 0.488 e. The van der Waals surface area contributed by atoms with Crippen LogP contribution in [0.4, 0.5) is 4.39 Å². The SMILES string of the molecule is Cc1ccc(F)c([C@@H]2CCC(N3CC(Oc4ccc(Cc5cc([C@H]6CC(O)C[C@@H](S)O6)ccc5Cl)cc4)C3)CO2)c1. The Hall–Kier alpha value is -2.13. The monoisotopic (exact) mass is 597 g/mol. The third-order valence-corrected chi connectivity index (χ3v) is 9.19. The summed E-state index contributed by atoms with van der Waals surface area (Å²) in [5.74, 6) is 0.679. The lowest BCUT2D eigenvalue weighted by Gasteiger charge is -2.46. The molecule has 3 aromatic carbocycles. The Balaban J connectivity index is 0.981. The lowest BCUT2D eigenvalue weighted by molar-refractivity contribution is -0.0838. The third kappa shape index (κ3) is 6.93. The summed E-state index contributed by atoms with van der Waals surface area (Å²) in [6.45, 7) is 4.33. The highest BCUT2D eigenvalue weighted by Crippen LogP contribution is 2.36. The standard InChI is InChI=1S/C33H37ClFNO4S/c1-20-2-10-30(35)28(12-20)31-11-6-24(19-38-31)36-17-27(18-36)39-26-7-3-21(4-8-26)13-23-14-22(5-9-29(23)34)32-15-25(37)16-33(41)40-32/h2-5,7-10,12,14,24-25,27,31-33,37,41H,6,11,13,15-19H2,1H3/t24?,25?,31-,32+,33+/m0/s1. The third-order valence-electron chi connectivity index (χ3n) is 8.49. The highest BCUT2D eigenvalue weighted by atomic mass is 35.5. The van der Waals surface area contributed by atoms with Crippen molar-refractivity contribution in [2.24, 2.45) is 0 Å². The second-order valence-corrected chi connectivity index (χ2v) is 12.6. The van der Waals surface area contributed by atoms with E-state index >= 15 is 0 Å². The van der Waals surface area contributed by atoms with Crippen molar-refractivity contribution in [3.63, 3.8) is 0 Å². The maximum atomic E-state index is 14.3. The quantitative estimate of drug-likeness (QED) is 0.292. The molecule has 8 heteroatoms. The van der Waals surface area contributed by atoms with Gasteiger partial charge in [0.1, 0.15) is 23.1 Å². The summed E-state index contributed by atoms with van der Waals surface area (Å²) >= 11 is 11.0. The lowest BCUT2D eigenvalue weighted by Crippen LogP contribution is -2.59. The molecule has 5 nitrogen and oxygen atoms in total. The molecule has 218 valence electrons. The molecule has 3 heterocycles. The van der Waals surface area contributed by atoms with Crippen molar-refractivity contribution in [2.75, 3.05) is 19.7 Å². The van der Waals surface area contributed by atoms with Crippen molar-refractivity contribution in [3.8, 4) is 5.75 Å². The molecule has 2 unspecified atom stereocenters. The summed E-state index contributed by atoms with van der Waals surface area (Å²) in [6.07, 6.45) is 3.00. The summed E-state index contributed by atoms with van der Waals surface area (Å²) < 4.78 is 32.6. The van der Waals surface area contributed by atoms with E-state index in [1.54, 1.807) is 6.07 Å². The van der Waals surface area contributed by atoms with Gasteiger partial charge in [-0.3, -0.25) is 4.90 Å². The van der Waals surface area contributed by atoms with E-state index in [2.05, 4.69) is 35.7 Å². The van der Waals surface area contributed by atoms with Crippen LogP contribution >= 0.6 is 24.2 Å². The van der Waals surface area contributed by atoms with Crippen LogP contribution in [-0.2, 0) is 15.9 Å². The molecule has 0 radical (unpaired) electrons. The Bertz CT molecular complexity index is 1330. The zero-order chi connectivity index (χ0) is 28.5. The van der Waals surface area contributed by atoms with Crippen LogP contribution in [0.15, 0.2) is 60.7 Å². The first kappa shape index (κ1) is 29.0.